The zero-order valence-electron chi connectivity index (χ0n) is 24.0. The molecule has 9 nitrogen and oxygen atoms in total. The fraction of sp³-hybridized carbons (Fsp3) is 0.303. The number of hydrazone groups is 2. The van der Waals surface area contributed by atoms with E-state index >= 15 is 0 Å². The molecule has 3 aromatic carbocycles. The Morgan fingerprint density at radius 1 is 0.762 bits per heavy atom. The van der Waals surface area contributed by atoms with Crippen LogP contribution in [-0.4, -0.2) is 42.4 Å². The molecule has 0 aliphatic carbocycles. The van der Waals surface area contributed by atoms with Crippen molar-refractivity contribution in [3.8, 4) is 5.75 Å². The smallest absolute Gasteiger partial charge is 0.344 e. The summed E-state index contributed by atoms with van der Waals surface area (Å²) in [5, 5.41) is 12.4. The molecule has 2 unspecified atom stereocenters. The highest BCUT2D eigenvalue weighted by Crippen LogP contribution is 2.44. The number of anilines is 2. The zero-order valence-corrected chi connectivity index (χ0v) is 24.0. The second-order valence-electron chi connectivity index (χ2n) is 10.0. The number of nitrogens with zero attached hydrogens (tertiary/aromatic N) is 4. The van der Waals surface area contributed by atoms with Gasteiger partial charge in [0, 0.05) is 5.92 Å². The first kappa shape index (κ1) is 28.7. The van der Waals surface area contributed by atoms with Crippen LogP contribution < -0.4 is 14.8 Å². The molecule has 2 aliphatic rings. The van der Waals surface area contributed by atoms with Gasteiger partial charge in [-0.25, -0.2) is 14.8 Å². The lowest BCUT2D eigenvalue weighted by molar-refractivity contribution is -0.145. The fourth-order valence-electron chi connectivity index (χ4n) is 5.57. The van der Waals surface area contributed by atoms with Gasteiger partial charge < -0.3 is 9.47 Å². The minimum Gasteiger partial charge on any atom is -0.482 e. The van der Waals surface area contributed by atoms with E-state index in [2.05, 4.69) is 0 Å². The van der Waals surface area contributed by atoms with Gasteiger partial charge >= 0.3 is 5.97 Å². The molecule has 2 aliphatic heterocycles. The number of ether oxygens (including phenoxy) is 2. The minimum absolute atomic E-state index is 0.206. The fourth-order valence-corrected chi connectivity index (χ4v) is 5.57. The van der Waals surface area contributed by atoms with Gasteiger partial charge in [-0.15, -0.1) is 0 Å². The summed E-state index contributed by atoms with van der Waals surface area (Å²) < 4.78 is 10.8. The molecule has 2 atom stereocenters. The average molecular weight is 567 g/mol. The Labute approximate surface area is 245 Å². The summed E-state index contributed by atoms with van der Waals surface area (Å²) in [6.07, 6.45) is 1.05. The number of rotatable bonds is 11. The van der Waals surface area contributed by atoms with Gasteiger partial charge in [-0.3, -0.25) is 9.59 Å². The van der Waals surface area contributed by atoms with E-state index in [1.807, 2.05) is 80.6 Å². The Hall–Kier alpha value is -4.79. The number of carbonyl (C=O) groups excluding carboxylic acids is 3. The number of amides is 2. The highest BCUT2D eigenvalue weighted by Gasteiger charge is 2.51. The van der Waals surface area contributed by atoms with Crippen LogP contribution in [0.1, 0.15) is 45.1 Å². The molecular weight excluding hydrogens is 532 g/mol. The van der Waals surface area contributed by atoms with Gasteiger partial charge in [0.15, 0.2) is 6.61 Å². The van der Waals surface area contributed by atoms with Crippen LogP contribution in [0.25, 0.3) is 0 Å². The van der Waals surface area contributed by atoms with Crippen molar-refractivity contribution in [1.82, 2.24) is 0 Å². The molecule has 0 saturated heterocycles. The first-order chi connectivity index (χ1) is 20.5. The van der Waals surface area contributed by atoms with Gasteiger partial charge in [-0.2, -0.15) is 10.2 Å². The first-order valence-electron chi connectivity index (χ1n) is 14.3. The van der Waals surface area contributed by atoms with Crippen molar-refractivity contribution in [2.45, 2.75) is 39.5 Å². The molecule has 9 heteroatoms. The molecule has 42 heavy (non-hydrogen) atoms. The molecule has 216 valence electrons. The van der Waals surface area contributed by atoms with Crippen LogP contribution in [0.2, 0.25) is 0 Å². The second-order valence-corrected chi connectivity index (χ2v) is 10.0. The maximum absolute atomic E-state index is 14.2. The maximum atomic E-state index is 14.2. The highest BCUT2D eigenvalue weighted by atomic mass is 16.6. The molecule has 0 radical (unpaired) electrons. The molecule has 5 rings (SSSR count). The summed E-state index contributed by atoms with van der Waals surface area (Å²) in [4.78, 5) is 40.4. The molecule has 3 aromatic rings. The Morgan fingerprint density at radius 2 is 1.29 bits per heavy atom. The lowest BCUT2D eigenvalue weighted by atomic mass is 9.71. The number of benzene rings is 3. The summed E-state index contributed by atoms with van der Waals surface area (Å²) in [7, 11) is 0. The Bertz CT molecular complexity index is 1420. The summed E-state index contributed by atoms with van der Waals surface area (Å²) in [5.41, 5.74) is 3.42. The third kappa shape index (κ3) is 5.68. The largest absolute Gasteiger partial charge is 0.482 e. The first-order valence-corrected chi connectivity index (χ1v) is 14.3. The van der Waals surface area contributed by atoms with E-state index in [-0.39, 0.29) is 25.0 Å². The van der Waals surface area contributed by atoms with Crippen LogP contribution in [0.3, 0.4) is 0 Å². The van der Waals surface area contributed by atoms with E-state index in [4.69, 9.17) is 19.7 Å². The van der Waals surface area contributed by atoms with Crippen molar-refractivity contribution in [2.24, 2.45) is 22.0 Å². The van der Waals surface area contributed by atoms with Crippen molar-refractivity contribution in [2.75, 3.05) is 23.2 Å². The number of hydrogen-bond donors (Lipinski definition) is 0. The van der Waals surface area contributed by atoms with E-state index in [9.17, 15) is 14.4 Å². The van der Waals surface area contributed by atoms with Crippen LogP contribution in [0.5, 0.6) is 5.75 Å². The number of hydrogen-bond acceptors (Lipinski definition) is 7. The molecule has 0 N–H and O–H groups in total. The van der Waals surface area contributed by atoms with E-state index in [1.165, 1.54) is 10.0 Å². The Balaban J connectivity index is 1.58. The van der Waals surface area contributed by atoms with Gasteiger partial charge in [0.1, 0.15) is 5.75 Å². The van der Waals surface area contributed by atoms with Crippen molar-refractivity contribution < 1.29 is 23.9 Å². The van der Waals surface area contributed by atoms with E-state index in [1.54, 1.807) is 25.1 Å². The standard InChI is InChI=1S/C33H34N4O5/c1-4-26-30(32(39)36(34-26)23-15-9-7-10-16-23)29(22-14-13-19-25(20-22)42-21-28(38)41-6-3)31-27(5-2)35-37(33(31)40)24-17-11-8-12-18-24/h7-20,29-31H,4-6,21H2,1-3H3. The predicted molar refractivity (Wildman–Crippen MR) is 162 cm³/mol. The van der Waals surface area contributed by atoms with Gasteiger partial charge in [0.05, 0.1) is 41.2 Å². The SMILES string of the molecule is CCOC(=O)COc1cccc(C(C2C(=O)N(c3ccccc3)N=C2CC)C2C(=O)N(c3ccccc3)N=C2CC)c1. The van der Waals surface area contributed by atoms with Crippen molar-refractivity contribution >= 4 is 40.6 Å². The summed E-state index contributed by atoms with van der Waals surface area (Å²) in [6, 6.07) is 25.8. The summed E-state index contributed by atoms with van der Waals surface area (Å²) in [5.74, 6) is -2.49. The van der Waals surface area contributed by atoms with Crippen LogP contribution in [0.4, 0.5) is 11.4 Å². The van der Waals surface area contributed by atoms with Crippen LogP contribution >= 0.6 is 0 Å². The van der Waals surface area contributed by atoms with Crippen molar-refractivity contribution in [3.05, 3.63) is 90.5 Å². The molecule has 0 saturated carbocycles. The molecule has 0 spiro atoms. The van der Waals surface area contributed by atoms with Gasteiger partial charge in [-0.1, -0.05) is 62.4 Å². The Kier molecular flexibility index (Phi) is 8.76. The summed E-state index contributed by atoms with van der Waals surface area (Å²) >= 11 is 0. The van der Waals surface area contributed by atoms with Crippen LogP contribution in [0.15, 0.2) is 95.1 Å². The van der Waals surface area contributed by atoms with Gasteiger partial charge in [0.2, 0.25) is 0 Å². The topological polar surface area (TPSA) is 101 Å². The lowest BCUT2D eigenvalue weighted by Gasteiger charge is -2.29. The lowest BCUT2D eigenvalue weighted by Crippen LogP contribution is -2.40. The van der Waals surface area contributed by atoms with E-state index in [0.29, 0.717) is 41.4 Å². The van der Waals surface area contributed by atoms with Gasteiger partial charge in [0.25, 0.3) is 11.8 Å². The summed E-state index contributed by atoms with van der Waals surface area (Å²) in [6.45, 7) is 5.67. The zero-order chi connectivity index (χ0) is 29.6. The molecular formula is C33H34N4O5. The second kappa shape index (κ2) is 12.8. The quantitative estimate of drug-likeness (QED) is 0.283. The number of para-hydroxylation sites is 2. The number of esters is 1. The molecule has 2 heterocycles. The van der Waals surface area contributed by atoms with Gasteiger partial charge in [-0.05, 0) is 61.7 Å². The highest BCUT2D eigenvalue weighted by molar-refractivity contribution is 6.20. The normalized spacial score (nSPS) is 19.0. The molecule has 0 fully saturated rings. The van der Waals surface area contributed by atoms with Crippen molar-refractivity contribution in [3.63, 3.8) is 0 Å². The number of carbonyl (C=O) groups is 3. The molecule has 0 bridgehead atoms. The minimum atomic E-state index is -0.711. The third-order valence-corrected chi connectivity index (χ3v) is 7.47. The Morgan fingerprint density at radius 3 is 1.76 bits per heavy atom. The average Bonchev–Trinajstić information content (AvgIpc) is 3.54. The van der Waals surface area contributed by atoms with Crippen molar-refractivity contribution in [1.29, 1.82) is 0 Å². The molecule has 0 aromatic heterocycles. The molecule has 2 amide bonds. The maximum Gasteiger partial charge on any atom is 0.344 e. The van der Waals surface area contributed by atoms with E-state index < -0.39 is 23.7 Å². The predicted octanol–water partition coefficient (Wildman–Crippen LogP) is 5.57. The monoisotopic (exact) mass is 566 g/mol. The van der Waals surface area contributed by atoms with E-state index in [0.717, 1.165) is 5.56 Å². The van der Waals surface area contributed by atoms with Crippen LogP contribution in [0, 0.1) is 11.8 Å². The van der Waals surface area contributed by atoms with Crippen LogP contribution in [-0.2, 0) is 19.1 Å². The third-order valence-electron chi connectivity index (χ3n) is 7.47.